The van der Waals surface area contributed by atoms with Crippen LogP contribution in [0.1, 0.15) is 26.7 Å². The van der Waals surface area contributed by atoms with Gasteiger partial charge in [-0.15, -0.1) is 0 Å². The van der Waals surface area contributed by atoms with Crippen molar-refractivity contribution in [2.75, 3.05) is 13.2 Å². The van der Waals surface area contributed by atoms with E-state index in [1.807, 2.05) is 0 Å². The van der Waals surface area contributed by atoms with Crippen LogP contribution in [0.15, 0.2) is 12.2 Å². The molecule has 0 radical (unpaired) electrons. The molecular weight excluding hydrogens is 240 g/mol. The zero-order chi connectivity index (χ0) is 14.6. The summed E-state index contributed by atoms with van der Waals surface area (Å²) in [7, 11) is 0. The van der Waals surface area contributed by atoms with Gasteiger partial charge in [0, 0.05) is 0 Å². The summed E-state index contributed by atoms with van der Waals surface area (Å²) in [6.07, 6.45) is -0.198. The molecule has 18 heavy (non-hydrogen) atoms. The molecule has 0 saturated carbocycles. The molecule has 0 aromatic heterocycles. The molecule has 4 N–H and O–H groups in total. The topological polar surface area (TPSA) is 115 Å². The summed E-state index contributed by atoms with van der Waals surface area (Å²) in [6.45, 7) is 4.46. The number of hydrogen-bond donors (Lipinski definition) is 4. The molecule has 0 aromatic carbocycles. The first-order chi connectivity index (χ1) is 8.22. The number of ketones is 2. The molecule has 0 aromatic rings. The lowest BCUT2D eigenvalue weighted by molar-refractivity contribution is -0.145. The minimum Gasteiger partial charge on any atom is -0.393 e. The Labute approximate surface area is 106 Å². The van der Waals surface area contributed by atoms with Crippen LogP contribution in [0.5, 0.6) is 0 Å². The average Bonchev–Trinajstić information content (AvgIpc) is 2.42. The van der Waals surface area contributed by atoms with Gasteiger partial charge in [0.1, 0.15) is 11.2 Å². The molecule has 6 heteroatoms. The van der Waals surface area contributed by atoms with Gasteiger partial charge in [-0.25, -0.2) is 0 Å². The lowest BCUT2D eigenvalue weighted by Gasteiger charge is -2.27. The van der Waals surface area contributed by atoms with Crippen molar-refractivity contribution < 1.29 is 30.0 Å². The Hall–Kier alpha value is -1.08. The quantitative estimate of drug-likeness (QED) is 0.251. The van der Waals surface area contributed by atoms with Gasteiger partial charge in [0.15, 0.2) is 11.6 Å². The fraction of sp³-hybridized carbons (Fsp3) is 0.667. The Kier molecular flexibility index (Phi) is 5.82. The van der Waals surface area contributed by atoms with Crippen LogP contribution in [0, 0.1) is 0 Å². The normalized spacial score (nSPS) is 17.7. The molecule has 0 fully saturated rings. The SMILES string of the molecule is C=C(C(=O)C(O)(CC)CO)C(=O)C(O)(CC)CO. The van der Waals surface area contributed by atoms with E-state index in [1.165, 1.54) is 13.8 Å². The zero-order valence-electron chi connectivity index (χ0n) is 10.6. The van der Waals surface area contributed by atoms with E-state index in [4.69, 9.17) is 10.2 Å². The van der Waals surface area contributed by atoms with Gasteiger partial charge in [-0.1, -0.05) is 20.4 Å². The van der Waals surface area contributed by atoms with Crippen molar-refractivity contribution in [2.24, 2.45) is 0 Å². The third-order valence-electron chi connectivity index (χ3n) is 3.09. The first-order valence-corrected chi connectivity index (χ1v) is 5.67. The monoisotopic (exact) mass is 260 g/mol. The van der Waals surface area contributed by atoms with Crippen molar-refractivity contribution >= 4 is 11.6 Å². The number of carbonyl (C=O) groups excluding carboxylic acids is 2. The van der Waals surface area contributed by atoms with Gasteiger partial charge in [0.25, 0.3) is 0 Å². The van der Waals surface area contributed by atoms with Gasteiger partial charge in [-0.3, -0.25) is 9.59 Å². The predicted molar refractivity (Wildman–Crippen MR) is 63.8 cm³/mol. The van der Waals surface area contributed by atoms with Crippen LogP contribution in [0.2, 0.25) is 0 Å². The van der Waals surface area contributed by atoms with Gasteiger partial charge < -0.3 is 20.4 Å². The summed E-state index contributed by atoms with van der Waals surface area (Å²) >= 11 is 0. The zero-order valence-corrected chi connectivity index (χ0v) is 10.6. The summed E-state index contributed by atoms with van der Waals surface area (Å²) in [6, 6.07) is 0. The standard InChI is InChI=1S/C12H20O6/c1-4-11(17,6-13)9(15)8(3)10(16)12(18,5-2)7-14/h13-14,17-18H,3-7H2,1-2H3. The Balaban J connectivity index is 5.19. The third kappa shape index (κ3) is 3.02. The van der Waals surface area contributed by atoms with E-state index >= 15 is 0 Å². The Morgan fingerprint density at radius 3 is 1.39 bits per heavy atom. The predicted octanol–water partition coefficient (Wildman–Crippen LogP) is -1.05. The Morgan fingerprint density at radius 1 is 0.944 bits per heavy atom. The Morgan fingerprint density at radius 2 is 1.22 bits per heavy atom. The molecule has 0 bridgehead atoms. The summed E-state index contributed by atoms with van der Waals surface area (Å²) in [4.78, 5) is 23.6. The molecule has 6 nitrogen and oxygen atoms in total. The maximum Gasteiger partial charge on any atom is 0.199 e. The fourth-order valence-electron chi connectivity index (χ4n) is 1.35. The van der Waals surface area contributed by atoms with E-state index in [9.17, 15) is 19.8 Å². The average molecular weight is 260 g/mol. The van der Waals surface area contributed by atoms with E-state index < -0.39 is 41.6 Å². The minimum atomic E-state index is -2.09. The number of carbonyl (C=O) groups is 2. The van der Waals surface area contributed by atoms with Gasteiger partial charge >= 0.3 is 0 Å². The van der Waals surface area contributed by atoms with Crippen LogP contribution >= 0.6 is 0 Å². The second-order valence-electron chi connectivity index (χ2n) is 4.22. The molecule has 2 unspecified atom stereocenters. The number of hydrogen-bond acceptors (Lipinski definition) is 6. The van der Waals surface area contributed by atoms with Gasteiger partial charge in [0.2, 0.25) is 0 Å². The van der Waals surface area contributed by atoms with Crippen LogP contribution in [0.25, 0.3) is 0 Å². The molecular formula is C12H20O6. The van der Waals surface area contributed by atoms with Crippen LogP contribution in [-0.2, 0) is 9.59 Å². The molecule has 0 heterocycles. The highest BCUT2D eigenvalue weighted by atomic mass is 16.3. The molecule has 0 aliphatic carbocycles. The maximum atomic E-state index is 11.8. The smallest absolute Gasteiger partial charge is 0.199 e. The van der Waals surface area contributed by atoms with Crippen molar-refractivity contribution in [3.05, 3.63) is 12.2 Å². The lowest BCUT2D eigenvalue weighted by Crippen LogP contribution is -2.49. The van der Waals surface area contributed by atoms with E-state index in [2.05, 4.69) is 6.58 Å². The number of aliphatic hydroxyl groups excluding tert-OH is 2. The largest absolute Gasteiger partial charge is 0.393 e. The molecule has 2 atom stereocenters. The lowest BCUT2D eigenvalue weighted by atomic mass is 9.84. The van der Waals surface area contributed by atoms with Gasteiger partial charge in [0.05, 0.1) is 18.8 Å². The van der Waals surface area contributed by atoms with Crippen LogP contribution < -0.4 is 0 Å². The third-order valence-corrected chi connectivity index (χ3v) is 3.09. The van der Waals surface area contributed by atoms with Crippen molar-refractivity contribution in [1.29, 1.82) is 0 Å². The molecule has 0 amide bonds. The first kappa shape index (κ1) is 16.9. The van der Waals surface area contributed by atoms with Crippen LogP contribution in [0.3, 0.4) is 0 Å². The summed E-state index contributed by atoms with van der Waals surface area (Å²) < 4.78 is 0. The highest BCUT2D eigenvalue weighted by Crippen LogP contribution is 2.21. The maximum absolute atomic E-state index is 11.8. The second kappa shape index (κ2) is 6.19. The second-order valence-corrected chi connectivity index (χ2v) is 4.22. The number of aliphatic hydroxyl groups is 4. The highest BCUT2D eigenvalue weighted by Gasteiger charge is 2.42. The van der Waals surface area contributed by atoms with Crippen LogP contribution in [0.4, 0.5) is 0 Å². The van der Waals surface area contributed by atoms with Gasteiger partial charge in [-0.05, 0) is 12.8 Å². The molecule has 0 spiro atoms. The first-order valence-electron chi connectivity index (χ1n) is 5.67. The summed E-state index contributed by atoms with van der Waals surface area (Å²) in [5.74, 6) is -2.09. The summed E-state index contributed by atoms with van der Waals surface area (Å²) in [5, 5.41) is 37.5. The van der Waals surface area contributed by atoms with Crippen molar-refractivity contribution in [3.8, 4) is 0 Å². The van der Waals surface area contributed by atoms with E-state index in [0.717, 1.165) is 0 Å². The van der Waals surface area contributed by atoms with E-state index in [1.54, 1.807) is 0 Å². The molecule has 0 saturated heterocycles. The van der Waals surface area contributed by atoms with Crippen molar-refractivity contribution in [3.63, 3.8) is 0 Å². The van der Waals surface area contributed by atoms with E-state index in [-0.39, 0.29) is 12.8 Å². The van der Waals surface area contributed by atoms with Gasteiger partial charge in [-0.2, -0.15) is 0 Å². The Bertz CT molecular complexity index is 306. The van der Waals surface area contributed by atoms with Crippen molar-refractivity contribution in [2.45, 2.75) is 37.9 Å². The molecule has 0 aliphatic heterocycles. The van der Waals surface area contributed by atoms with Crippen LogP contribution in [-0.4, -0.2) is 56.4 Å². The number of Topliss-reactive ketones (excluding diaryl/α,β-unsaturated/α-hetero) is 2. The molecule has 0 rings (SSSR count). The summed E-state index contributed by atoms with van der Waals surface area (Å²) in [5.41, 5.74) is -4.81. The van der Waals surface area contributed by atoms with Crippen molar-refractivity contribution in [1.82, 2.24) is 0 Å². The minimum absolute atomic E-state index is 0.0989. The molecule has 104 valence electrons. The highest BCUT2D eigenvalue weighted by molar-refractivity contribution is 6.24. The fourth-order valence-corrected chi connectivity index (χ4v) is 1.35. The van der Waals surface area contributed by atoms with E-state index in [0.29, 0.717) is 0 Å². The number of rotatable bonds is 8. The molecule has 0 aliphatic rings.